The quantitative estimate of drug-likeness (QED) is 0.658. The zero-order valence-electron chi connectivity index (χ0n) is 12.1. The number of nitro benzene ring substituents is 1. The Bertz CT molecular complexity index is 534. The van der Waals surface area contributed by atoms with E-state index >= 15 is 0 Å². The molecule has 1 fully saturated rings. The van der Waals surface area contributed by atoms with Crippen LogP contribution in [0.25, 0.3) is 0 Å². The highest BCUT2D eigenvalue weighted by Crippen LogP contribution is 2.22. The van der Waals surface area contributed by atoms with Crippen LogP contribution in [0.3, 0.4) is 0 Å². The van der Waals surface area contributed by atoms with Crippen molar-refractivity contribution in [2.24, 2.45) is 0 Å². The number of carbonyl (C=O) groups is 1. The number of carboxylic acids is 1. The molecule has 1 aliphatic rings. The van der Waals surface area contributed by atoms with Crippen LogP contribution in [0.1, 0.15) is 15.9 Å². The molecule has 22 heavy (non-hydrogen) atoms. The number of aromatic carboxylic acids is 1. The molecule has 0 radical (unpaired) electrons. The van der Waals surface area contributed by atoms with Crippen LogP contribution in [-0.4, -0.2) is 59.0 Å². The summed E-state index contributed by atoms with van der Waals surface area (Å²) in [7, 11) is 2.04. The molecule has 124 valence electrons. The van der Waals surface area contributed by atoms with Gasteiger partial charge in [-0.25, -0.2) is 4.79 Å². The Kier molecular flexibility index (Phi) is 8.32. The van der Waals surface area contributed by atoms with Gasteiger partial charge in [-0.05, 0) is 13.1 Å². The van der Waals surface area contributed by atoms with E-state index in [0.717, 1.165) is 32.2 Å². The molecule has 0 saturated carbocycles. The van der Waals surface area contributed by atoms with E-state index in [1.54, 1.807) is 6.07 Å². The van der Waals surface area contributed by atoms with Crippen molar-refractivity contribution in [1.29, 1.82) is 0 Å². The third-order valence-corrected chi connectivity index (χ3v) is 3.52. The second-order valence-electron chi connectivity index (χ2n) is 4.99. The van der Waals surface area contributed by atoms with Crippen LogP contribution in [0.4, 0.5) is 5.69 Å². The van der Waals surface area contributed by atoms with Crippen LogP contribution in [0.2, 0.25) is 0 Å². The highest BCUT2D eigenvalue weighted by molar-refractivity contribution is 5.88. The minimum absolute atomic E-state index is 0. The van der Waals surface area contributed by atoms with E-state index in [-0.39, 0.29) is 36.1 Å². The van der Waals surface area contributed by atoms with Crippen molar-refractivity contribution in [2.75, 3.05) is 33.2 Å². The maximum atomic E-state index is 11.1. The fourth-order valence-corrected chi connectivity index (χ4v) is 2.25. The Morgan fingerprint density at radius 2 is 1.86 bits per heavy atom. The van der Waals surface area contributed by atoms with Crippen molar-refractivity contribution in [2.45, 2.75) is 6.54 Å². The third kappa shape index (κ3) is 5.10. The molecule has 0 aliphatic carbocycles. The summed E-state index contributed by atoms with van der Waals surface area (Å²) in [6, 6.07) is 4.09. The lowest BCUT2D eigenvalue weighted by molar-refractivity contribution is -0.385. The van der Waals surface area contributed by atoms with Gasteiger partial charge in [0.25, 0.3) is 5.69 Å². The number of benzene rings is 1. The first-order chi connectivity index (χ1) is 9.47. The van der Waals surface area contributed by atoms with E-state index in [4.69, 9.17) is 5.11 Å². The van der Waals surface area contributed by atoms with Gasteiger partial charge in [0.05, 0.1) is 10.5 Å². The van der Waals surface area contributed by atoms with Gasteiger partial charge in [-0.3, -0.25) is 15.0 Å². The van der Waals surface area contributed by atoms with E-state index in [9.17, 15) is 14.9 Å². The molecule has 0 aromatic heterocycles. The molecule has 1 aliphatic heterocycles. The van der Waals surface area contributed by atoms with Gasteiger partial charge in [-0.15, -0.1) is 24.8 Å². The zero-order chi connectivity index (χ0) is 14.7. The molecule has 0 spiro atoms. The maximum Gasteiger partial charge on any atom is 0.335 e. The van der Waals surface area contributed by atoms with Crippen molar-refractivity contribution in [1.82, 2.24) is 9.80 Å². The summed E-state index contributed by atoms with van der Waals surface area (Å²) < 4.78 is 0. The SMILES string of the molecule is CN1CCN(Cc2ccc(C(=O)O)cc2[N+](=O)[O-])CC1.Cl.Cl. The molecule has 7 nitrogen and oxygen atoms in total. The minimum atomic E-state index is -1.15. The number of nitrogens with zero attached hydrogens (tertiary/aromatic N) is 3. The molecule has 0 unspecified atom stereocenters. The average Bonchev–Trinajstić information content (AvgIpc) is 2.41. The summed E-state index contributed by atoms with van der Waals surface area (Å²) in [5, 5.41) is 20.0. The second kappa shape index (κ2) is 8.89. The van der Waals surface area contributed by atoms with Crippen LogP contribution in [-0.2, 0) is 6.54 Å². The van der Waals surface area contributed by atoms with E-state index in [1.165, 1.54) is 6.07 Å². The summed E-state index contributed by atoms with van der Waals surface area (Å²) in [6.45, 7) is 4.05. The number of nitro groups is 1. The lowest BCUT2D eigenvalue weighted by atomic mass is 10.1. The summed E-state index contributed by atoms with van der Waals surface area (Å²) in [5.74, 6) is -1.15. The lowest BCUT2D eigenvalue weighted by Gasteiger charge is -2.32. The molecular formula is C13H19Cl2N3O4. The van der Waals surface area contributed by atoms with Crippen LogP contribution in [0, 0.1) is 10.1 Å². The van der Waals surface area contributed by atoms with Crippen molar-refractivity contribution in [3.05, 3.63) is 39.4 Å². The van der Waals surface area contributed by atoms with E-state index in [2.05, 4.69) is 9.80 Å². The molecule has 1 saturated heterocycles. The van der Waals surface area contributed by atoms with Crippen LogP contribution in [0.5, 0.6) is 0 Å². The second-order valence-corrected chi connectivity index (χ2v) is 4.99. The number of halogens is 2. The van der Waals surface area contributed by atoms with Crippen molar-refractivity contribution >= 4 is 36.5 Å². The first kappa shape index (κ1) is 20.6. The molecule has 2 rings (SSSR count). The Morgan fingerprint density at radius 1 is 1.27 bits per heavy atom. The van der Waals surface area contributed by atoms with Gasteiger partial charge in [-0.1, -0.05) is 6.07 Å². The number of hydrogen-bond donors (Lipinski definition) is 1. The molecule has 1 N–H and O–H groups in total. The first-order valence-electron chi connectivity index (χ1n) is 6.39. The largest absolute Gasteiger partial charge is 0.478 e. The Morgan fingerprint density at radius 3 is 2.36 bits per heavy atom. The predicted molar refractivity (Wildman–Crippen MR) is 87.3 cm³/mol. The predicted octanol–water partition coefficient (Wildman–Crippen LogP) is 1.88. The smallest absolute Gasteiger partial charge is 0.335 e. The molecule has 1 aromatic rings. The van der Waals surface area contributed by atoms with Gasteiger partial charge >= 0.3 is 5.97 Å². The monoisotopic (exact) mass is 351 g/mol. The van der Waals surface area contributed by atoms with Crippen molar-refractivity contribution < 1.29 is 14.8 Å². The number of rotatable bonds is 4. The lowest BCUT2D eigenvalue weighted by Crippen LogP contribution is -2.43. The van der Waals surface area contributed by atoms with Gasteiger partial charge in [-0.2, -0.15) is 0 Å². The molecule has 9 heteroatoms. The highest BCUT2D eigenvalue weighted by atomic mass is 35.5. The van der Waals surface area contributed by atoms with Crippen molar-refractivity contribution in [3.63, 3.8) is 0 Å². The average molecular weight is 352 g/mol. The van der Waals surface area contributed by atoms with E-state index in [0.29, 0.717) is 12.1 Å². The topological polar surface area (TPSA) is 86.9 Å². The molecule has 1 aromatic carbocycles. The molecule has 0 bridgehead atoms. The molecule has 0 amide bonds. The van der Waals surface area contributed by atoms with E-state index < -0.39 is 10.9 Å². The van der Waals surface area contributed by atoms with Gasteiger partial charge in [0.1, 0.15) is 0 Å². The number of carboxylic acid groups (broad SMARTS) is 1. The number of piperazine rings is 1. The minimum Gasteiger partial charge on any atom is -0.478 e. The summed E-state index contributed by atoms with van der Waals surface area (Å²) >= 11 is 0. The molecular weight excluding hydrogens is 333 g/mol. The maximum absolute atomic E-state index is 11.1. The Labute approximate surface area is 140 Å². The standard InChI is InChI=1S/C13H17N3O4.2ClH/c1-14-4-6-15(7-5-14)9-11-3-2-10(13(17)18)8-12(11)16(19)20;;/h2-3,8H,4-7,9H2,1H3,(H,17,18);2*1H. The normalized spacial score (nSPS) is 15.5. The number of likely N-dealkylation sites (N-methyl/N-ethyl adjacent to an activating group) is 1. The van der Waals surface area contributed by atoms with Gasteiger partial charge < -0.3 is 10.0 Å². The molecule has 1 heterocycles. The van der Waals surface area contributed by atoms with Crippen molar-refractivity contribution in [3.8, 4) is 0 Å². The van der Waals surface area contributed by atoms with Crippen LogP contribution >= 0.6 is 24.8 Å². The van der Waals surface area contributed by atoms with Gasteiger partial charge in [0.2, 0.25) is 0 Å². The Hall–Kier alpha value is -1.41. The van der Waals surface area contributed by atoms with Crippen LogP contribution < -0.4 is 0 Å². The molecule has 0 atom stereocenters. The summed E-state index contributed by atoms with van der Waals surface area (Å²) in [6.07, 6.45) is 0. The summed E-state index contributed by atoms with van der Waals surface area (Å²) in [4.78, 5) is 25.8. The fourth-order valence-electron chi connectivity index (χ4n) is 2.25. The fraction of sp³-hybridized carbons (Fsp3) is 0.462. The third-order valence-electron chi connectivity index (χ3n) is 3.52. The highest BCUT2D eigenvalue weighted by Gasteiger charge is 2.21. The number of hydrogen-bond acceptors (Lipinski definition) is 5. The van der Waals surface area contributed by atoms with E-state index in [1.807, 2.05) is 7.05 Å². The summed E-state index contributed by atoms with van der Waals surface area (Å²) in [5.41, 5.74) is 0.382. The van der Waals surface area contributed by atoms with Gasteiger partial charge in [0, 0.05) is 44.4 Å². The van der Waals surface area contributed by atoms with Crippen LogP contribution in [0.15, 0.2) is 18.2 Å². The van der Waals surface area contributed by atoms with Gasteiger partial charge in [0.15, 0.2) is 0 Å². The zero-order valence-corrected chi connectivity index (χ0v) is 13.7. The first-order valence-corrected chi connectivity index (χ1v) is 6.39. The Balaban J connectivity index is 0.00000220.